The Kier molecular flexibility index (Phi) is 5.91. The minimum atomic E-state index is -1.10. The van der Waals surface area contributed by atoms with E-state index in [9.17, 15) is 14.7 Å². The number of carbonyl (C=O) groups is 1. The number of hydrogen-bond donors (Lipinski definition) is 1. The molecule has 2 heterocycles. The normalized spacial score (nSPS) is 26.9. The Morgan fingerprint density at radius 2 is 1.97 bits per heavy atom. The molecule has 1 fully saturated rings. The van der Waals surface area contributed by atoms with Crippen molar-refractivity contribution >= 4 is 5.97 Å². The molecule has 0 bridgehead atoms. The van der Waals surface area contributed by atoms with Crippen LogP contribution >= 0.6 is 0 Å². The second-order valence-corrected chi connectivity index (χ2v) is 9.52. The third kappa shape index (κ3) is 3.32. The molecule has 1 aromatic carbocycles. The number of likely N-dealkylation sites (tertiary alicyclic amines) is 1. The van der Waals surface area contributed by atoms with Gasteiger partial charge in [0.25, 0.3) is 5.56 Å². The number of methoxy groups -OCH3 is 2. The van der Waals surface area contributed by atoms with Crippen LogP contribution in [-0.4, -0.2) is 60.0 Å². The quantitative estimate of drug-likeness (QED) is 0.715. The maximum Gasteiger partial charge on any atom is 0.343 e. The minimum Gasteiger partial charge on any atom is -0.497 e. The summed E-state index contributed by atoms with van der Waals surface area (Å²) in [5.74, 6) is 0.102. The van der Waals surface area contributed by atoms with Crippen molar-refractivity contribution in [3.8, 4) is 5.75 Å². The number of nitrogens with zero attached hydrogens (tertiary/aromatic N) is 2. The molecule has 2 aliphatic rings. The van der Waals surface area contributed by atoms with Crippen molar-refractivity contribution in [1.82, 2.24) is 9.47 Å². The van der Waals surface area contributed by atoms with Gasteiger partial charge in [-0.1, -0.05) is 6.07 Å². The summed E-state index contributed by atoms with van der Waals surface area (Å²) >= 11 is 0. The number of esters is 1. The first-order valence-electron chi connectivity index (χ1n) is 11.5. The van der Waals surface area contributed by atoms with Crippen LogP contribution in [0, 0.1) is 6.92 Å². The molecule has 178 valence electrons. The van der Waals surface area contributed by atoms with E-state index >= 15 is 0 Å². The van der Waals surface area contributed by atoms with Gasteiger partial charge in [0.15, 0.2) is 0 Å². The van der Waals surface area contributed by atoms with Crippen LogP contribution in [0.1, 0.15) is 53.0 Å². The SMILES string of the molecule is CCn1c2c(cc(C(=O)OC)c1=O)C[C@@]1(O)C(C)N(C)CC[C@]1(c1cc(OC)ccc1C)C2. The number of aromatic nitrogens is 1. The first-order valence-corrected chi connectivity index (χ1v) is 11.5. The fourth-order valence-corrected chi connectivity index (χ4v) is 6.10. The van der Waals surface area contributed by atoms with Crippen molar-refractivity contribution in [3.63, 3.8) is 0 Å². The lowest BCUT2D eigenvalue weighted by Gasteiger charge is -2.60. The number of aryl methyl sites for hydroxylation is 1. The van der Waals surface area contributed by atoms with Gasteiger partial charge in [0, 0.05) is 36.5 Å². The van der Waals surface area contributed by atoms with Gasteiger partial charge < -0.3 is 24.0 Å². The zero-order valence-electron chi connectivity index (χ0n) is 20.4. The molecule has 33 heavy (non-hydrogen) atoms. The lowest BCUT2D eigenvalue weighted by Crippen LogP contribution is -2.70. The fraction of sp³-hybridized carbons (Fsp3) is 0.538. The molecule has 7 heteroatoms. The molecule has 4 rings (SSSR count). The largest absolute Gasteiger partial charge is 0.497 e. The number of rotatable bonds is 4. The van der Waals surface area contributed by atoms with Gasteiger partial charge in [-0.3, -0.25) is 4.79 Å². The minimum absolute atomic E-state index is 0.0172. The molecule has 3 atom stereocenters. The van der Waals surface area contributed by atoms with Crippen molar-refractivity contribution < 1.29 is 19.4 Å². The molecule has 2 aromatic rings. The molecular weight excluding hydrogens is 420 g/mol. The number of benzene rings is 1. The first kappa shape index (κ1) is 23.5. The van der Waals surface area contributed by atoms with Crippen molar-refractivity contribution in [2.75, 3.05) is 27.8 Å². The Balaban J connectivity index is 2.02. The molecule has 1 aliphatic heterocycles. The van der Waals surface area contributed by atoms with E-state index < -0.39 is 17.0 Å². The zero-order chi connectivity index (χ0) is 24.1. The number of piperidine rings is 1. The number of aliphatic hydroxyl groups is 1. The van der Waals surface area contributed by atoms with E-state index in [0.29, 0.717) is 19.4 Å². The highest BCUT2D eigenvalue weighted by Gasteiger charge is 2.60. The summed E-state index contributed by atoms with van der Waals surface area (Å²) in [7, 11) is 4.96. The fourth-order valence-electron chi connectivity index (χ4n) is 6.10. The lowest BCUT2D eigenvalue weighted by atomic mass is 9.53. The third-order valence-corrected chi connectivity index (χ3v) is 8.17. The van der Waals surface area contributed by atoms with Crippen LogP contribution in [0.5, 0.6) is 5.75 Å². The predicted octanol–water partition coefficient (Wildman–Crippen LogP) is 2.46. The summed E-state index contributed by atoms with van der Waals surface area (Å²) in [5.41, 5.74) is 1.84. The topological polar surface area (TPSA) is 81.0 Å². The molecule has 0 radical (unpaired) electrons. The maximum atomic E-state index is 13.2. The van der Waals surface area contributed by atoms with Crippen molar-refractivity contribution in [3.05, 3.63) is 62.6 Å². The van der Waals surface area contributed by atoms with Gasteiger partial charge in [-0.05, 0) is 75.7 Å². The van der Waals surface area contributed by atoms with E-state index in [1.807, 2.05) is 32.2 Å². The monoisotopic (exact) mass is 454 g/mol. The number of pyridine rings is 1. The van der Waals surface area contributed by atoms with Gasteiger partial charge >= 0.3 is 5.97 Å². The molecule has 0 spiro atoms. The van der Waals surface area contributed by atoms with Gasteiger partial charge in [0.1, 0.15) is 11.3 Å². The average Bonchev–Trinajstić information content (AvgIpc) is 2.81. The maximum absolute atomic E-state index is 13.2. The molecule has 1 aromatic heterocycles. The van der Waals surface area contributed by atoms with Crippen molar-refractivity contribution in [2.24, 2.45) is 0 Å². The molecule has 0 saturated carbocycles. The molecule has 0 amide bonds. The first-order chi connectivity index (χ1) is 15.6. The molecule has 1 unspecified atom stereocenters. The average molecular weight is 455 g/mol. The molecule has 7 nitrogen and oxygen atoms in total. The highest BCUT2D eigenvalue weighted by atomic mass is 16.5. The summed E-state index contributed by atoms with van der Waals surface area (Å²) < 4.78 is 12.1. The van der Waals surface area contributed by atoms with Crippen molar-refractivity contribution in [2.45, 2.75) is 63.6 Å². The summed E-state index contributed by atoms with van der Waals surface area (Å²) in [5, 5.41) is 12.5. The Labute approximate surface area is 194 Å². The number of carbonyl (C=O) groups excluding carboxylic acids is 1. The summed E-state index contributed by atoms with van der Waals surface area (Å²) in [4.78, 5) is 27.7. The standard InChI is InChI=1S/C26H34N2O5/c1-7-28-22-15-25(21-13-19(32-5)9-8-16(21)2)10-11-27(4)17(3)26(25,31)14-18(22)12-20(23(28)29)24(30)33-6/h8-9,12-13,17,31H,7,10-11,14-15H2,1-6H3/t17?,25-,26-/m1/s1. The Morgan fingerprint density at radius 3 is 2.61 bits per heavy atom. The smallest absolute Gasteiger partial charge is 0.343 e. The second kappa shape index (κ2) is 8.29. The van der Waals surface area contributed by atoms with Crippen LogP contribution < -0.4 is 10.3 Å². The van der Waals surface area contributed by atoms with E-state index in [1.54, 1.807) is 17.7 Å². The van der Waals surface area contributed by atoms with Crippen LogP contribution in [0.2, 0.25) is 0 Å². The third-order valence-electron chi connectivity index (χ3n) is 8.17. The van der Waals surface area contributed by atoms with Crippen LogP contribution in [0.25, 0.3) is 0 Å². The number of ether oxygens (including phenoxy) is 2. The summed E-state index contributed by atoms with van der Waals surface area (Å²) in [6.07, 6.45) is 1.60. The summed E-state index contributed by atoms with van der Waals surface area (Å²) in [6.45, 7) is 7.30. The van der Waals surface area contributed by atoms with Gasteiger partial charge in [0.05, 0.1) is 19.8 Å². The van der Waals surface area contributed by atoms with E-state index in [4.69, 9.17) is 9.47 Å². The molecule has 1 aliphatic carbocycles. The highest BCUT2D eigenvalue weighted by molar-refractivity contribution is 5.89. The van der Waals surface area contributed by atoms with Crippen LogP contribution in [0.3, 0.4) is 0 Å². The zero-order valence-corrected chi connectivity index (χ0v) is 20.4. The Morgan fingerprint density at radius 1 is 1.24 bits per heavy atom. The van der Waals surface area contributed by atoms with Crippen molar-refractivity contribution in [1.29, 1.82) is 0 Å². The van der Waals surface area contributed by atoms with E-state index in [-0.39, 0.29) is 17.2 Å². The van der Waals surface area contributed by atoms with Gasteiger partial charge in [0.2, 0.25) is 0 Å². The van der Waals surface area contributed by atoms with Gasteiger partial charge in [-0.15, -0.1) is 0 Å². The van der Waals surface area contributed by atoms with Crippen LogP contribution in [0.15, 0.2) is 29.1 Å². The van der Waals surface area contributed by atoms with E-state index in [2.05, 4.69) is 18.7 Å². The molecular formula is C26H34N2O5. The van der Waals surface area contributed by atoms with Crippen LogP contribution in [-0.2, 0) is 29.5 Å². The summed E-state index contributed by atoms with van der Waals surface area (Å²) in [6, 6.07) is 7.52. The molecule has 1 saturated heterocycles. The lowest BCUT2D eigenvalue weighted by molar-refractivity contribution is -0.133. The second-order valence-electron chi connectivity index (χ2n) is 9.52. The van der Waals surface area contributed by atoms with Gasteiger partial charge in [-0.2, -0.15) is 0 Å². The van der Waals surface area contributed by atoms with E-state index in [1.165, 1.54) is 7.11 Å². The Bertz CT molecular complexity index is 1160. The number of hydrogen-bond acceptors (Lipinski definition) is 6. The van der Waals surface area contributed by atoms with E-state index in [0.717, 1.165) is 41.1 Å². The Hall–Kier alpha value is -2.64. The van der Waals surface area contributed by atoms with Gasteiger partial charge in [-0.25, -0.2) is 4.79 Å². The van der Waals surface area contributed by atoms with Crippen LogP contribution in [0.4, 0.5) is 0 Å². The number of likely N-dealkylation sites (N-methyl/N-ethyl adjacent to an activating group) is 1. The highest BCUT2D eigenvalue weighted by Crippen LogP contribution is 2.53. The molecule has 1 N–H and O–H groups in total. The number of fused-ring (bicyclic) bond motifs is 2. The predicted molar refractivity (Wildman–Crippen MR) is 126 cm³/mol.